The van der Waals surface area contributed by atoms with Crippen molar-refractivity contribution in [3.05, 3.63) is 60.2 Å². The third-order valence-electron chi connectivity index (χ3n) is 6.16. The van der Waals surface area contributed by atoms with Crippen molar-refractivity contribution in [2.24, 2.45) is 5.41 Å². The van der Waals surface area contributed by atoms with Crippen LogP contribution in [0.4, 0.5) is 0 Å². The topological polar surface area (TPSA) is 51.0 Å². The maximum Gasteiger partial charge on any atom is 0.222 e. The smallest absolute Gasteiger partial charge is 0.222 e. The normalized spacial score (nSPS) is 18.4. The zero-order chi connectivity index (χ0) is 18.3. The number of benzene rings is 2. The molecular formula is C22H24N4O. The molecule has 2 fully saturated rings. The Morgan fingerprint density at radius 1 is 1.04 bits per heavy atom. The lowest BCUT2D eigenvalue weighted by atomic mass is 9.60. The van der Waals surface area contributed by atoms with Gasteiger partial charge in [0.2, 0.25) is 5.91 Å². The molecule has 5 rings (SSSR count). The van der Waals surface area contributed by atoms with E-state index in [-0.39, 0.29) is 0 Å². The van der Waals surface area contributed by atoms with Crippen molar-refractivity contribution >= 4 is 16.9 Å². The van der Waals surface area contributed by atoms with Crippen LogP contribution < -0.4 is 0 Å². The predicted molar refractivity (Wildman–Crippen MR) is 104 cm³/mol. The quantitative estimate of drug-likeness (QED) is 0.698. The summed E-state index contributed by atoms with van der Waals surface area (Å²) in [6.45, 7) is 1.83. The minimum Gasteiger partial charge on any atom is -0.341 e. The van der Waals surface area contributed by atoms with Gasteiger partial charge in [0.15, 0.2) is 0 Å². The lowest BCUT2D eigenvalue weighted by Crippen LogP contribution is -2.63. The number of amides is 1. The van der Waals surface area contributed by atoms with Crippen LogP contribution in [0, 0.1) is 5.41 Å². The molecule has 2 heterocycles. The van der Waals surface area contributed by atoms with Crippen molar-refractivity contribution in [2.45, 2.75) is 38.1 Å². The molecule has 1 saturated heterocycles. The van der Waals surface area contributed by atoms with E-state index in [0.29, 0.717) is 23.8 Å². The Labute approximate surface area is 159 Å². The lowest BCUT2D eigenvalue weighted by molar-refractivity contribution is -0.154. The van der Waals surface area contributed by atoms with Crippen molar-refractivity contribution in [1.29, 1.82) is 0 Å². The summed E-state index contributed by atoms with van der Waals surface area (Å²) in [7, 11) is 0. The number of hydrogen-bond acceptors (Lipinski definition) is 3. The van der Waals surface area contributed by atoms with Crippen molar-refractivity contribution in [3.8, 4) is 0 Å². The van der Waals surface area contributed by atoms with Gasteiger partial charge in [-0.15, -0.1) is 5.10 Å². The SMILES string of the molecule is O=C(CCCc1ccccc1)N1CC2(CC(n3nnc4ccccc43)C2)C1. The molecule has 0 bridgehead atoms. The highest BCUT2D eigenvalue weighted by Crippen LogP contribution is 2.54. The zero-order valence-corrected chi connectivity index (χ0v) is 15.4. The van der Waals surface area contributed by atoms with Crippen molar-refractivity contribution in [3.63, 3.8) is 0 Å². The van der Waals surface area contributed by atoms with Gasteiger partial charge in [0.05, 0.1) is 11.6 Å². The number of hydrogen-bond donors (Lipinski definition) is 0. The van der Waals surface area contributed by atoms with Crippen LogP contribution in [0.15, 0.2) is 54.6 Å². The Morgan fingerprint density at radius 2 is 1.78 bits per heavy atom. The first-order chi connectivity index (χ1) is 13.2. The van der Waals surface area contributed by atoms with Gasteiger partial charge in [-0.1, -0.05) is 47.7 Å². The minimum atomic E-state index is 0.311. The van der Waals surface area contributed by atoms with Crippen LogP contribution in [-0.4, -0.2) is 38.9 Å². The van der Waals surface area contributed by atoms with Crippen LogP contribution >= 0.6 is 0 Å². The standard InChI is InChI=1S/C22H24N4O/c27-21(12-6-9-17-7-2-1-3-8-17)25-15-22(16-25)13-18(14-22)26-20-11-5-4-10-19(20)23-24-26/h1-5,7-8,10-11,18H,6,9,12-16H2. The van der Waals surface area contributed by atoms with Crippen molar-refractivity contribution < 1.29 is 4.79 Å². The highest BCUT2D eigenvalue weighted by Gasteiger charge is 2.54. The Kier molecular flexibility index (Phi) is 3.96. The molecule has 0 radical (unpaired) electrons. The Balaban J connectivity index is 1.10. The number of aromatic nitrogens is 3. The molecule has 27 heavy (non-hydrogen) atoms. The molecular weight excluding hydrogens is 336 g/mol. The molecule has 2 aromatic carbocycles. The number of aryl methyl sites for hydroxylation is 1. The molecule has 0 unspecified atom stereocenters. The third-order valence-corrected chi connectivity index (χ3v) is 6.16. The second-order valence-electron chi connectivity index (χ2n) is 8.17. The van der Waals surface area contributed by atoms with E-state index in [0.717, 1.165) is 49.8 Å². The van der Waals surface area contributed by atoms with Gasteiger partial charge in [0, 0.05) is 24.9 Å². The molecule has 2 aliphatic rings. The summed E-state index contributed by atoms with van der Waals surface area (Å²) in [5.74, 6) is 0.311. The maximum absolute atomic E-state index is 12.4. The van der Waals surface area contributed by atoms with E-state index in [1.54, 1.807) is 0 Å². The number of likely N-dealkylation sites (tertiary alicyclic amines) is 1. The molecule has 1 aliphatic carbocycles. The number of carbonyl (C=O) groups excluding carboxylic acids is 1. The summed E-state index contributed by atoms with van der Waals surface area (Å²) >= 11 is 0. The largest absolute Gasteiger partial charge is 0.341 e. The maximum atomic E-state index is 12.4. The number of carbonyl (C=O) groups is 1. The fourth-order valence-corrected chi connectivity index (χ4v) is 4.71. The van der Waals surface area contributed by atoms with E-state index < -0.39 is 0 Å². The van der Waals surface area contributed by atoms with Crippen molar-refractivity contribution in [2.75, 3.05) is 13.1 Å². The van der Waals surface area contributed by atoms with E-state index in [2.05, 4.69) is 45.3 Å². The Hall–Kier alpha value is -2.69. The number of fused-ring (bicyclic) bond motifs is 1. The summed E-state index contributed by atoms with van der Waals surface area (Å²) in [5.41, 5.74) is 3.72. The van der Waals surface area contributed by atoms with E-state index in [9.17, 15) is 4.79 Å². The molecule has 1 spiro atoms. The highest BCUT2D eigenvalue weighted by atomic mass is 16.2. The number of para-hydroxylation sites is 1. The van der Waals surface area contributed by atoms with Crippen LogP contribution in [0.3, 0.4) is 0 Å². The molecule has 5 heteroatoms. The summed E-state index contributed by atoms with van der Waals surface area (Å²) < 4.78 is 2.07. The monoisotopic (exact) mass is 360 g/mol. The van der Waals surface area contributed by atoms with Gasteiger partial charge < -0.3 is 4.90 Å². The average molecular weight is 360 g/mol. The second-order valence-corrected chi connectivity index (χ2v) is 8.17. The van der Waals surface area contributed by atoms with E-state index in [1.807, 2.05) is 29.2 Å². The van der Waals surface area contributed by atoms with E-state index in [1.165, 1.54) is 5.56 Å². The first-order valence-corrected chi connectivity index (χ1v) is 9.84. The first kappa shape index (κ1) is 16.5. The van der Waals surface area contributed by atoms with Gasteiger partial charge in [-0.25, -0.2) is 4.68 Å². The molecule has 1 saturated carbocycles. The molecule has 3 aromatic rings. The zero-order valence-electron chi connectivity index (χ0n) is 15.4. The summed E-state index contributed by atoms with van der Waals surface area (Å²) in [5, 5.41) is 8.61. The lowest BCUT2D eigenvalue weighted by Gasteiger charge is -2.58. The highest BCUT2D eigenvalue weighted by molar-refractivity contribution is 5.77. The van der Waals surface area contributed by atoms with E-state index >= 15 is 0 Å². The van der Waals surface area contributed by atoms with Gasteiger partial charge in [0.25, 0.3) is 0 Å². The van der Waals surface area contributed by atoms with Gasteiger partial charge in [-0.2, -0.15) is 0 Å². The van der Waals surface area contributed by atoms with Crippen LogP contribution in [0.5, 0.6) is 0 Å². The average Bonchev–Trinajstić information content (AvgIpc) is 3.04. The van der Waals surface area contributed by atoms with E-state index in [4.69, 9.17) is 0 Å². The molecule has 1 amide bonds. The summed E-state index contributed by atoms with van der Waals surface area (Å²) in [6.07, 6.45) is 4.78. The fraction of sp³-hybridized carbons (Fsp3) is 0.409. The first-order valence-electron chi connectivity index (χ1n) is 9.84. The molecule has 5 nitrogen and oxygen atoms in total. The molecule has 0 N–H and O–H groups in total. The molecule has 0 atom stereocenters. The Morgan fingerprint density at radius 3 is 2.59 bits per heavy atom. The third kappa shape index (κ3) is 3.01. The molecule has 1 aliphatic heterocycles. The van der Waals surface area contributed by atoms with Crippen molar-refractivity contribution in [1.82, 2.24) is 19.9 Å². The summed E-state index contributed by atoms with van der Waals surface area (Å²) in [4.78, 5) is 14.5. The van der Waals surface area contributed by atoms with Crippen LogP contribution in [0.1, 0.15) is 37.3 Å². The molecule has 1 aromatic heterocycles. The number of nitrogens with zero attached hydrogens (tertiary/aromatic N) is 4. The predicted octanol–water partition coefficient (Wildman–Crippen LogP) is 3.62. The van der Waals surface area contributed by atoms with Crippen LogP contribution in [-0.2, 0) is 11.2 Å². The van der Waals surface area contributed by atoms with Crippen LogP contribution in [0.2, 0.25) is 0 Å². The second kappa shape index (κ2) is 6.48. The number of rotatable bonds is 5. The fourth-order valence-electron chi connectivity index (χ4n) is 4.71. The molecule has 138 valence electrons. The van der Waals surface area contributed by atoms with Crippen LogP contribution in [0.25, 0.3) is 11.0 Å². The van der Waals surface area contributed by atoms with Gasteiger partial charge >= 0.3 is 0 Å². The minimum absolute atomic E-state index is 0.311. The van der Waals surface area contributed by atoms with Gasteiger partial charge in [0.1, 0.15) is 5.52 Å². The van der Waals surface area contributed by atoms with Gasteiger partial charge in [-0.3, -0.25) is 4.79 Å². The summed E-state index contributed by atoms with van der Waals surface area (Å²) in [6, 6.07) is 19.0. The van der Waals surface area contributed by atoms with Gasteiger partial charge in [-0.05, 0) is 43.4 Å². The Bertz CT molecular complexity index is 951.